The molecule has 0 amide bonds. The number of piperidine rings is 1. The lowest BCUT2D eigenvalue weighted by Crippen LogP contribution is -2.30. The van der Waals surface area contributed by atoms with Crippen molar-refractivity contribution in [2.45, 2.75) is 19.3 Å². The van der Waals surface area contributed by atoms with Gasteiger partial charge in [0.05, 0.1) is 6.61 Å². The SMILES string of the molecule is Oc1cccnc1OCCC1CCCNC1. The number of aromatic hydroxyl groups is 1. The Morgan fingerprint density at radius 2 is 2.50 bits per heavy atom. The number of hydrogen-bond acceptors (Lipinski definition) is 4. The number of hydrogen-bond donors (Lipinski definition) is 2. The molecule has 0 spiro atoms. The highest BCUT2D eigenvalue weighted by Gasteiger charge is 2.13. The monoisotopic (exact) mass is 222 g/mol. The van der Waals surface area contributed by atoms with Crippen molar-refractivity contribution < 1.29 is 9.84 Å². The molecule has 0 bridgehead atoms. The van der Waals surface area contributed by atoms with Crippen molar-refractivity contribution >= 4 is 0 Å². The largest absolute Gasteiger partial charge is 0.503 e. The second-order valence-corrected chi connectivity index (χ2v) is 4.18. The summed E-state index contributed by atoms with van der Waals surface area (Å²) in [6.07, 6.45) is 5.16. The minimum atomic E-state index is 0.115. The molecule has 4 heteroatoms. The number of nitrogens with one attached hydrogen (secondary N) is 1. The maximum Gasteiger partial charge on any atom is 0.256 e. The maximum atomic E-state index is 9.45. The normalized spacial score (nSPS) is 20.6. The van der Waals surface area contributed by atoms with Crippen molar-refractivity contribution in [2.24, 2.45) is 5.92 Å². The second kappa shape index (κ2) is 5.70. The summed E-state index contributed by atoms with van der Waals surface area (Å²) in [6.45, 7) is 2.84. The van der Waals surface area contributed by atoms with Gasteiger partial charge < -0.3 is 15.2 Å². The maximum absolute atomic E-state index is 9.45. The van der Waals surface area contributed by atoms with Crippen LogP contribution >= 0.6 is 0 Å². The molecule has 1 aliphatic heterocycles. The zero-order chi connectivity index (χ0) is 11.2. The average Bonchev–Trinajstić information content (AvgIpc) is 2.33. The Bertz CT molecular complexity index is 325. The van der Waals surface area contributed by atoms with E-state index in [2.05, 4.69) is 10.3 Å². The van der Waals surface area contributed by atoms with Gasteiger partial charge in [0, 0.05) is 6.20 Å². The zero-order valence-electron chi connectivity index (χ0n) is 9.35. The highest BCUT2D eigenvalue weighted by Crippen LogP contribution is 2.22. The van der Waals surface area contributed by atoms with Crippen LogP contribution in [0.1, 0.15) is 19.3 Å². The molecule has 0 aliphatic carbocycles. The first-order valence-electron chi connectivity index (χ1n) is 5.84. The van der Waals surface area contributed by atoms with Gasteiger partial charge in [-0.15, -0.1) is 0 Å². The fourth-order valence-electron chi connectivity index (χ4n) is 1.99. The van der Waals surface area contributed by atoms with Crippen molar-refractivity contribution in [3.63, 3.8) is 0 Å². The first kappa shape index (κ1) is 11.2. The minimum Gasteiger partial charge on any atom is -0.503 e. The standard InChI is InChI=1S/C12H18N2O2/c15-11-4-2-7-14-12(11)16-8-5-10-3-1-6-13-9-10/h2,4,7,10,13,15H,1,3,5-6,8-9H2. The topological polar surface area (TPSA) is 54.4 Å². The third-order valence-electron chi connectivity index (χ3n) is 2.91. The Balaban J connectivity index is 1.73. The van der Waals surface area contributed by atoms with Crippen LogP contribution in [0.15, 0.2) is 18.3 Å². The van der Waals surface area contributed by atoms with Crippen molar-refractivity contribution in [2.75, 3.05) is 19.7 Å². The lowest BCUT2D eigenvalue weighted by atomic mass is 9.97. The predicted octanol–water partition coefficient (Wildman–Crippen LogP) is 1.56. The van der Waals surface area contributed by atoms with Crippen LogP contribution in [0.4, 0.5) is 0 Å². The van der Waals surface area contributed by atoms with E-state index in [1.165, 1.54) is 12.8 Å². The molecule has 1 atom stereocenters. The van der Waals surface area contributed by atoms with E-state index in [4.69, 9.17) is 4.74 Å². The van der Waals surface area contributed by atoms with Gasteiger partial charge >= 0.3 is 0 Å². The van der Waals surface area contributed by atoms with Gasteiger partial charge in [0.1, 0.15) is 0 Å². The summed E-state index contributed by atoms with van der Waals surface area (Å²) >= 11 is 0. The van der Waals surface area contributed by atoms with Crippen molar-refractivity contribution in [3.05, 3.63) is 18.3 Å². The van der Waals surface area contributed by atoms with Gasteiger partial charge in [-0.3, -0.25) is 0 Å². The lowest BCUT2D eigenvalue weighted by molar-refractivity contribution is 0.239. The number of ether oxygens (including phenoxy) is 1. The van der Waals surface area contributed by atoms with Gasteiger partial charge in [0.2, 0.25) is 0 Å². The third-order valence-corrected chi connectivity index (χ3v) is 2.91. The molecule has 1 aliphatic rings. The number of nitrogens with zero attached hydrogens (tertiary/aromatic N) is 1. The molecule has 1 unspecified atom stereocenters. The van der Waals surface area contributed by atoms with E-state index in [1.54, 1.807) is 18.3 Å². The van der Waals surface area contributed by atoms with Crippen LogP contribution in [0.3, 0.4) is 0 Å². The van der Waals surface area contributed by atoms with E-state index in [0.717, 1.165) is 19.5 Å². The number of pyridine rings is 1. The molecule has 2 heterocycles. The van der Waals surface area contributed by atoms with E-state index < -0.39 is 0 Å². The average molecular weight is 222 g/mol. The molecule has 2 rings (SSSR count). The molecule has 88 valence electrons. The smallest absolute Gasteiger partial charge is 0.256 e. The summed E-state index contributed by atoms with van der Waals surface area (Å²) in [5.41, 5.74) is 0. The van der Waals surface area contributed by atoms with Crippen LogP contribution in [0.5, 0.6) is 11.6 Å². The van der Waals surface area contributed by atoms with Crippen molar-refractivity contribution in [1.29, 1.82) is 0 Å². The molecule has 1 aromatic rings. The summed E-state index contributed by atoms with van der Waals surface area (Å²) in [4.78, 5) is 3.97. The summed E-state index contributed by atoms with van der Waals surface area (Å²) in [5, 5.41) is 12.8. The molecule has 0 aromatic carbocycles. The summed E-state index contributed by atoms with van der Waals surface area (Å²) in [7, 11) is 0. The molecular weight excluding hydrogens is 204 g/mol. The van der Waals surface area contributed by atoms with Crippen LogP contribution in [0.25, 0.3) is 0 Å². The molecule has 1 fully saturated rings. The summed E-state index contributed by atoms with van der Waals surface area (Å²) in [6, 6.07) is 3.28. The van der Waals surface area contributed by atoms with E-state index in [0.29, 0.717) is 18.4 Å². The predicted molar refractivity (Wildman–Crippen MR) is 61.6 cm³/mol. The van der Waals surface area contributed by atoms with Gasteiger partial charge in [-0.05, 0) is 50.4 Å². The number of rotatable bonds is 4. The van der Waals surface area contributed by atoms with Gasteiger partial charge in [0.15, 0.2) is 5.75 Å². The Labute approximate surface area is 95.7 Å². The first-order chi connectivity index (χ1) is 7.86. The van der Waals surface area contributed by atoms with Crippen LogP contribution in [-0.4, -0.2) is 29.8 Å². The zero-order valence-corrected chi connectivity index (χ0v) is 9.35. The number of aromatic nitrogens is 1. The fraction of sp³-hybridized carbons (Fsp3) is 0.583. The van der Waals surface area contributed by atoms with Gasteiger partial charge in [-0.25, -0.2) is 4.98 Å². The van der Waals surface area contributed by atoms with Crippen LogP contribution in [0.2, 0.25) is 0 Å². The Morgan fingerprint density at radius 3 is 3.25 bits per heavy atom. The minimum absolute atomic E-state index is 0.115. The van der Waals surface area contributed by atoms with Crippen molar-refractivity contribution in [3.8, 4) is 11.6 Å². The van der Waals surface area contributed by atoms with Crippen LogP contribution in [-0.2, 0) is 0 Å². The Morgan fingerprint density at radius 1 is 1.56 bits per heavy atom. The lowest BCUT2D eigenvalue weighted by Gasteiger charge is -2.22. The molecule has 16 heavy (non-hydrogen) atoms. The molecule has 0 radical (unpaired) electrons. The van der Waals surface area contributed by atoms with Gasteiger partial charge in [0.25, 0.3) is 5.88 Å². The third kappa shape index (κ3) is 3.10. The quantitative estimate of drug-likeness (QED) is 0.811. The second-order valence-electron chi connectivity index (χ2n) is 4.18. The van der Waals surface area contributed by atoms with Gasteiger partial charge in [-0.1, -0.05) is 0 Å². The molecular formula is C12H18N2O2. The molecule has 2 N–H and O–H groups in total. The van der Waals surface area contributed by atoms with E-state index >= 15 is 0 Å². The van der Waals surface area contributed by atoms with Crippen LogP contribution < -0.4 is 10.1 Å². The highest BCUT2D eigenvalue weighted by molar-refractivity contribution is 5.30. The molecule has 1 saturated heterocycles. The molecule has 4 nitrogen and oxygen atoms in total. The summed E-state index contributed by atoms with van der Waals surface area (Å²) < 4.78 is 5.45. The van der Waals surface area contributed by atoms with E-state index in [1.807, 2.05) is 0 Å². The van der Waals surface area contributed by atoms with Gasteiger partial charge in [-0.2, -0.15) is 0 Å². The Hall–Kier alpha value is -1.29. The first-order valence-corrected chi connectivity index (χ1v) is 5.84. The summed E-state index contributed by atoms with van der Waals surface area (Å²) in [5.74, 6) is 1.15. The van der Waals surface area contributed by atoms with E-state index in [-0.39, 0.29) is 5.75 Å². The molecule has 1 aromatic heterocycles. The highest BCUT2D eigenvalue weighted by atomic mass is 16.5. The molecule has 0 saturated carbocycles. The van der Waals surface area contributed by atoms with E-state index in [9.17, 15) is 5.11 Å². The Kier molecular flexibility index (Phi) is 3.99. The van der Waals surface area contributed by atoms with Crippen molar-refractivity contribution in [1.82, 2.24) is 10.3 Å². The van der Waals surface area contributed by atoms with Crippen LogP contribution in [0, 0.1) is 5.92 Å². The fourth-order valence-corrected chi connectivity index (χ4v) is 1.99.